The second-order valence-corrected chi connectivity index (χ2v) is 38.5. The predicted octanol–water partition coefficient (Wildman–Crippen LogP) is 14.6. The van der Waals surface area contributed by atoms with Gasteiger partial charge in [0.2, 0.25) is 35.4 Å². The molecule has 133 heavy (non-hydrogen) atoms. The van der Waals surface area contributed by atoms with Gasteiger partial charge in [0.15, 0.2) is 0 Å². The highest BCUT2D eigenvalue weighted by molar-refractivity contribution is 6.08. The van der Waals surface area contributed by atoms with Gasteiger partial charge >= 0.3 is 6.09 Å². The van der Waals surface area contributed by atoms with Crippen LogP contribution in [0.1, 0.15) is 203 Å². The number of amides is 10. The van der Waals surface area contributed by atoms with Crippen molar-refractivity contribution in [3.8, 4) is 0 Å². The summed E-state index contributed by atoms with van der Waals surface area (Å²) in [6.45, 7) is 38.9. The van der Waals surface area contributed by atoms with E-state index in [9.17, 15) is 58.2 Å². The Hall–Kier alpha value is -13.3. The number of nitrogens with one attached hydrogen (secondary N) is 4. The average Bonchev–Trinajstić information content (AvgIpc) is 1.75. The van der Waals surface area contributed by atoms with Gasteiger partial charge in [-0.25, -0.2) is 4.79 Å². The molecular formula is C106H130N14O13. The van der Waals surface area contributed by atoms with Gasteiger partial charge in [0.25, 0.3) is 17.7 Å². The lowest BCUT2D eigenvalue weighted by Crippen LogP contribution is -2.54. The van der Waals surface area contributed by atoms with E-state index < -0.39 is 65.8 Å². The number of hydrogen-bond acceptors (Lipinski definition) is 16. The fourth-order valence-electron chi connectivity index (χ4n) is 17.4. The first-order valence-corrected chi connectivity index (χ1v) is 45.9. The fraction of sp³-hybridized carbons (Fsp3) is 0.406. The molecule has 27 nitrogen and oxygen atoms in total. The van der Waals surface area contributed by atoms with Crippen LogP contribution in [0.2, 0.25) is 0 Å². The first-order valence-electron chi connectivity index (χ1n) is 45.9. The third kappa shape index (κ3) is 25.5. The Labute approximate surface area is 781 Å². The number of anilines is 3. The number of para-hydroxylation sites is 1. The topological polar surface area (TPSA) is 334 Å². The number of aromatic nitrogens is 4. The van der Waals surface area contributed by atoms with Gasteiger partial charge in [-0.3, -0.25) is 72.8 Å². The van der Waals surface area contributed by atoms with Gasteiger partial charge in [0, 0.05) is 127 Å². The van der Waals surface area contributed by atoms with Crippen LogP contribution in [0, 0.1) is 6.92 Å². The number of aliphatic hydroxyl groups is 2. The van der Waals surface area contributed by atoms with Crippen LogP contribution in [0.5, 0.6) is 0 Å². The van der Waals surface area contributed by atoms with E-state index in [-0.39, 0.29) is 82.9 Å². The smallest absolute Gasteiger partial charge is 0.410 e. The van der Waals surface area contributed by atoms with Gasteiger partial charge in [-0.05, 0) is 215 Å². The SMILES string of the molecule is C=CC(=O)N1CCCC1C(=O)N(c1ccc(C(C)(C)C)cc1)C(C(=O)NC(CO)Cc1c[nH]c2ccccc12)c1cccnc1.C=CC(=O)N1CCCC1C(=O)N(c1ccc(C(C)(C)C)cc1)C(C(=O)NC(CO)Cc1ccc(C)cc1)c1cccnc1.C=CC(=O)N1CCCC1C(=O)N(c1ccc(C(C)(C)C)cc1)C(C(=O)NC1CCN(C(=O)OC(C)(C)C)CC1)c1cccnc1. The van der Waals surface area contributed by atoms with Crippen molar-refractivity contribution in [3.05, 3.63) is 289 Å². The number of H-pyrrole nitrogens is 1. The Balaban J connectivity index is 0.000000192. The summed E-state index contributed by atoms with van der Waals surface area (Å²) >= 11 is 0. The van der Waals surface area contributed by atoms with Crippen LogP contribution < -0.4 is 30.7 Å². The van der Waals surface area contributed by atoms with Crippen molar-refractivity contribution in [2.24, 2.45) is 0 Å². The number of piperidine rings is 1. The van der Waals surface area contributed by atoms with Crippen LogP contribution >= 0.6 is 0 Å². The van der Waals surface area contributed by atoms with Crippen molar-refractivity contribution in [1.82, 2.24) is 55.5 Å². The molecule has 0 bridgehead atoms. The lowest BCUT2D eigenvalue weighted by molar-refractivity contribution is -0.135. The van der Waals surface area contributed by atoms with E-state index in [2.05, 4.69) is 118 Å². The minimum atomic E-state index is -1.12. The van der Waals surface area contributed by atoms with Gasteiger partial charge in [-0.1, -0.05) is 185 Å². The monoisotopic (exact) mass is 1810 g/mol. The average molecular weight is 1810 g/mol. The molecule has 10 amide bonds. The summed E-state index contributed by atoms with van der Waals surface area (Å²) in [5.74, 6) is -3.29. The quantitative estimate of drug-likeness (QED) is 0.0261. The Morgan fingerprint density at radius 1 is 0.459 bits per heavy atom. The van der Waals surface area contributed by atoms with Gasteiger partial charge in [0.05, 0.1) is 25.3 Å². The van der Waals surface area contributed by atoms with Gasteiger partial charge < -0.3 is 55.5 Å². The number of ether oxygens (including phenoxy) is 1. The summed E-state index contributed by atoms with van der Waals surface area (Å²) in [7, 11) is 0. The number of hydrogen-bond donors (Lipinski definition) is 6. The fourth-order valence-corrected chi connectivity index (χ4v) is 17.4. The molecule has 4 aromatic heterocycles. The number of likely N-dealkylation sites (tertiary alicyclic amines) is 4. The Morgan fingerprint density at radius 3 is 1.16 bits per heavy atom. The normalized spacial score (nSPS) is 16.9. The molecule has 4 fully saturated rings. The number of carbonyl (C=O) groups is 10. The van der Waals surface area contributed by atoms with E-state index in [1.54, 1.807) is 78.5 Å². The van der Waals surface area contributed by atoms with Crippen LogP contribution in [0.3, 0.4) is 0 Å². The van der Waals surface area contributed by atoms with E-state index in [0.717, 1.165) is 44.3 Å². The summed E-state index contributed by atoms with van der Waals surface area (Å²) < 4.78 is 5.52. The molecule has 8 atom stereocenters. The Morgan fingerprint density at radius 2 is 0.820 bits per heavy atom. The number of rotatable bonds is 27. The number of aryl methyl sites for hydroxylation is 1. The summed E-state index contributed by atoms with van der Waals surface area (Å²) in [5.41, 5.74) is 9.48. The summed E-state index contributed by atoms with van der Waals surface area (Å²) in [6.07, 6.45) is 20.1. The predicted molar refractivity (Wildman–Crippen MR) is 518 cm³/mol. The second kappa shape index (κ2) is 44.8. The zero-order valence-corrected chi connectivity index (χ0v) is 79.0. The molecule has 27 heteroatoms. The van der Waals surface area contributed by atoms with E-state index >= 15 is 0 Å². The number of aromatic amines is 1. The standard InChI is InChI=1S/C36H41N5O4.C35H47N5O5.C35H42N4O4/c1-5-32(43)40-19-9-13-31(40)35(45)41(28-16-14-26(15-17-28)36(2,3)4)33(24-10-8-18-37-21-24)34(44)39-27(23-42)20-25-22-38-30-12-7-6-11-29(25)30;1-8-29(41)39-20-10-12-28(39)32(43)40(27-15-13-25(14-16-27)34(2,3)4)30(24-11-9-19-36-23-24)31(42)37-26-17-21-38(22-18-26)33(44)45-35(5,6)7;1-6-31(41)38-20-8-10-30(38)34(43)39(29-17-15-27(16-18-29)35(3,4)5)32(26-9-7-19-36-22-26)33(42)37-28(23-40)21-25-13-11-24(2)12-14-25/h5-8,10-12,14-18,21-22,27,31,33,38,42H,1,9,13,19-20,23H2,2-4H3,(H,39,44);8-9,11,13-16,19,23,26,28,30H,1,10,12,17-18,20-22H2,2-7H3,(H,37,42);6-7,9,11-19,22,28,30,32,40H,1,8,10,20-21,23H2,2-5H3,(H,37,42). The van der Waals surface area contributed by atoms with Crippen LogP contribution in [-0.2, 0) is 77.0 Å². The summed E-state index contributed by atoms with van der Waals surface area (Å²) in [5, 5.41) is 30.8. The maximum atomic E-state index is 14.6. The molecule has 4 aliphatic rings. The molecule has 5 aromatic carbocycles. The number of benzene rings is 5. The Kier molecular flexibility index (Phi) is 33.8. The van der Waals surface area contributed by atoms with Crippen LogP contribution in [0.4, 0.5) is 21.9 Å². The number of nitrogens with zero attached hydrogens (tertiary/aromatic N) is 10. The van der Waals surface area contributed by atoms with Crippen LogP contribution in [-0.4, -0.2) is 197 Å². The molecule has 13 rings (SSSR count). The molecule has 0 aliphatic carbocycles. The van der Waals surface area contributed by atoms with Gasteiger partial charge in [-0.15, -0.1) is 0 Å². The third-order valence-corrected chi connectivity index (χ3v) is 24.6. The highest BCUT2D eigenvalue weighted by Crippen LogP contribution is 2.39. The van der Waals surface area contributed by atoms with Gasteiger partial charge in [-0.2, -0.15) is 0 Å². The van der Waals surface area contributed by atoms with Crippen LogP contribution in [0.25, 0.3) is 10.9 Å². The molecule has 8 unspecified atom stereocenters. The third-order valence-electron chi connectivity index (χ3n) is 24.6. The molecule has 4 aliphatic heterocycles. The number of pyridine rings is 3. The Bertz CT molecular complexity index is 5520. The van der Waals surface area contributed by atoms with Crippen molar-refractivity contribution < 1.29 is 62.9 Å². The minimum absolute atomic E-state index is 0.111. The van der Waals surface area contributed by atoms with Crippen molar-refractivity contribution in [1.29, 1.82) is 0 Å². The van der Waals surface area contributed by atoms with Crippen molar-refractivity contribution >= 4 is 87.2 Å². The minimum Gasteiger partial charge on any atom is -0.444 e. The molecule has 702 valence electrons. The largest absolute Gasteiger partial charge is 0.444 e. The lowest BCUT2D eigenvalue weighted by atomic mass is 9.87. The molecule has 6 N–H and O–H groups in total. The second-order valence-electron chi connectivity index (χ2n) is 38.5. The molecule has 0 spiro atoms. The number of fused-ring (bicyclic) bond motifs is 1. The van der Waals surface area contributed by atoms with Crippen molar-refractivity contribution in [2.75, 3.05) is 60.6 Å². The maximum Gasteiger partial charge on any atom is 0.410 e. The highest BCUT2D eigenvalue weighted by Gasteiger charge is 2.47. The molecule has 4 saturated heterocycles. The first-order chi connectivity index (χ1) is 63.3. The first kappa shape index (κ1) is 100. The van der Waals surface area contributed by atoms with Gasteiger partial charge in [0.1, 0.15) is 41.9 Å². The summed E-state index contributed by atoms with van der Waals surface area (Å²) in [6, 6.07) is 42.3. The van der Waals surface area contributed by atoms with Crippen molar-refractivity contribution in [3.63, 3.8) is 0 Å². The maximum absolute atomic E-state index is 14.6. The van der Waals surface area contributed by atoms with E-state index in [0.29, 0.717) is 131 Å². The van der Waals surface area contributed by atoms with E-state index in [4.69, 9.17) is 4.74 Å². The molecular weight excluding hydrogens is 1680 g/mol. The summed E-state index contributed by atoms with van der Waals surface area (Å²) in [4.78, 5) is 164. The molecule has 0 radical (unpaired) electrons. The van der Waals surface area contributed by atoms with E-state index in [1.807, 2.05) is 155 Å². The lowest BCUT2D eigenvalue weighted by Gasteiger charge is -2.37. The zero-order chi connectivity index (χ0) is 96.2. The highest BCUT2D eigenvalue weighted by atomic mass is 16.6. The molecule has 9 aromatic rings. The molecule has 8 heterocycles. The molecule has 0 saturated carbocycles. The number of aliphatic hydroxyl groups excluding tert-OH is 2. The number of carbonyl (C=O) groups excluding carboxylic acids is 10. The van der Waals surface area contributed by atoms with Crippen LogP contribution in [0.15, 0.2) is 239 Å². The van der Waals surface area contributed by atoms with E-state index in [1.165, 1.54) is 47.6 Å². The zero-order valence-electron chi connectivity index (χ0n) is 79.0. The van der Waals surface area contributed by atoms with Crippen molar-refractivity contribution in [2.45, 2.75) is 230 Å².